The molecule has 1 aromatic rings. The molecular weight excluding hydrogens is 475 g/mol. The number of thioether (sulfide) groups is 1. The summed E-state index contributed by atoms with van der Waals surface area (Å²) in [5.74, 6) is 0.793. The molecule has 2 aliphatic heterocycles. The molecule has 0 spiro atoms. The number of benzene rings is 1. The Morgan fingerprint density at radius 2 is 1.81 bits per heavy atom. The van der Waals surface area contributed by atoms with Gasteiger partial charge in [-0.2, -0.15) is 0 Å². The zero-order valence-corrected chi connectivity index (χ0v) is 21.4. The molecule has 5 rings (SSSR count). The first-order valence-corrected chi connectivity index (χ1v) is 14.0. The van der Waals surface area contributed by atoms with Crippen LogP contribution in [0.2, 0.25) is 13.1 Å². The molecule has 2 unspecified atom stereocenters. The first-order valence-electron chi connectivity index (χ1n) is 8.77. The number of hydrogen-bond acceptors (Lipinski definition) is 1. The average molecular weight is 498 g/mol. The second-order valence-electron chi connectivity index (χ2n) is 7.49. The Labute approximate surface area is 190 Å². The molecule has 135 valence electrons. The third-order valence-corrected chi connectivity index (χ3v) is 13.0. The van der Waals surface area contributed by atoms with Crippen LogP contribution >= 0.6 is 11.8 Å². The van der Waals surface area contributed by atoms with E-state index in [4.69, 9.17) is 0 Å². The van der Waals surface area contributed by atoms with Gasteiger partial charge in [0.1, 0.15) is 8.07 Å². The summed E-state index contributed by atoms with van der Waals surface area (Å²) in [6.07, 6.45) is 8.30. The van der Waals surface area contributed by atoms with Crippen molar-refractivity contribution in [3.63, 3.8) is 0 Å². The van der Waals surface area contributed by atoms with E-state index in [1.54, 1.807) is 39.7 Å². The van der Waals surface area contributed by atoms with Crippen molar-refractivity contribution in [2.45, 2.75) is 37.0 Å². The van der Waals surface area contributed by atoms with Crippen molar-refractivity contribution >= 4 is 25.9 Å². The van der Waals surface area contributed by atoms with Crippen LogP contribution in [-0.2, 0) is 24.7 Å². The molecule has 0 bridgehead atoms. The maximum atomic E-state index is 2.50. The molecule has 1 fully saturated rings. The van der Waals surface area contributed by atoms with E-state index in [2.05, 4.69) is 81.2 Å². The summed E-state index contributed by atoms with van der Waals surface area (Å²) in [5.41, 5.74) is 4.46. The van der Waals surface area contributed by atoms with Crippen molar-refractivity contribution in [2.24, 2.45) is 5.92 Å². The van der Waals surface area contributed by atoms with Crippen LogP contribution in [0.5, 0.6) is 0 Å². The van der Waals surface area contributed by atoms with Crippen molar-refractivity contribution < 1.29 is 49.5 Å². The summed E-state index contributed by atoms with van der Waals surface area (Å²) in [6.45, 7) is 9.52. The maximum absolute atomic E-state index is 2.50. The topological polar surface area (TPSA) is 0 Å². The number of hydrogen-bond donors (Lipinski definition) is 0. The smallest absolute Gasteiger partial charge is 0.106 e. The van der Waals surface area contributed by atoms with E-state index < -0.39 is 8.07 Å². The largest absolute Gasteiger partial charge is 1.00 e. The van der Waals surface area contributed by atoms with Crippen LogP contribution in [0, 0.1) is 5.92 Å². The minimum Gasteiger partial charge on any atom is -1.00 e. The van der Waals surface area contributed by atoms with Gasteiger partial charge >= 0.3 is 82.3 Å². The van der Waals surface area contributed by atoms with Crippen LogP contribution in [0.4, 0.5) is 0 Å². The van der Waals surface area contributed by atoms with Gasteiger partial charge < -0.3 is 24.8 Å². The Bertz CT molecular complexity index is 851. The van der Waals surface area contributed by atoms with Crippen LogP contribution < -0.4 is 24.8 Å². The molecule has 0 saturated carbocycles. The minimum atomic E-state index is -1.08. The standard InChI is InChI=1S/C11H14SSi.C10H9.2ClH.Zr/c1-4-7-11-10-8(12-7)5-6-9(10)13(11,2)3;1-8-6-9-4-2-3-5-10(9)7-8;;;/h5-6,10H,4H2,1-3H3;2-7H,1H3;2*1H;/q;;;;+2/p-2. The molecule has 0 N–H and O–H groups in total. The summed E-state index contributed by atoms with van der Waals surface area (Å²) in [4.78, 5) is 3.32. The molecular formula is C21H23Cl2SSiZr. The number of halogens is 2. The Morgan fingerprint density at radius 3 is 2.46 bits per heavy atom. The molecule has 4 aliphatic rings. The van der Waals surface area contributed by atoms with Crippen LogP contribution in [0.15, 0.2) is 62.2 Å². The summed E-state index contributed by atoms with van der Waals surface area (Å²) in [5, 5.41) is 3.64. The van der Waals surface area contributed by atoms with Gasteiger partial charge in [-0.25, -0.2) is 0 Å². The molecule has 0 aromatic heterocycles. The van der Waals surface area contributed by atoms with E-state index in [0.29, 0.717) is 0 Å². The Balaban J connectivity index is 0.000000176. The second kappa shape index (κ2) is 8.29. The predicted octanol–water partition coefficient (Wildman–Crippen LogP) is 0.337. The van der Waals surface area contributed by atoms with Crippen LogP contribution in [0.3, 0.4) is 0 Å². The predicted molar refractivity (Wildman–Crippen MR) is 105 cm³/mol. The zero-order chi connectivity index (χ0) is 17.1. The SMILES string of the molecule is CC1=Cc2ccccc2[CH]1[Zr+2].CCC1=C2C3C(=CC=C3[Si]2(C)C)S1.[Cl-].[Cl-]. The molecule has 1 saturated heterocycles. The van der Waals surface area contributed by atoms with E-state index in [0.717, 1.165) is 9.54 Å². The van der Waals surface area contributed by atoms with Crippen molar-refractivity contribution in [1.29, 1.82) is 0 Å². The zero-order valence-electron chi connectivity index (χ0n) is 15.6. The fraction of sp³-hybridized carbons (Fsp3) is 0.333. The van der Waals surface area contributed by atoms with Gasteiger partial charge in [0.05, 0.1) is 0 Å². The fourth-order valence-corrected chi connectivity index (χ4v) is 11.0. The molecule has 0 amide bonds. The summed E-state index contributed by atoms with van der Waals surface area (Å²) in [6, 6.07) is 8.67. The van der Waals surface area contributed by atoms with E-state index >= 15 is 0 Å². The summed E-state index contributed by atoms with van der Waals surface area (Å²) < 4.78 is 0.721. The minimum absolute atomic E-state index is 0. The van der Waals surface area contributed by atoms with Gasteiger partial charge in [0.15, 0.2) is 0 Å². The van der Waals surface area contributed by atoms with Crippen molar-refractivity contribution in [3.05, 3.63) is 73.3 Å². The van der Waals surface area contributed by atoms with Crippen molar-refractivity contribution in [3.8, 4) is 0 Å². The Kier molecular flexibility index (Phi) is 7.18. The molecule has 2 aliphatic carbocycles. The third kappa shape index (κ3) is 3.37. The van der Waals surface area contributed by atoms with Gasteiger partial charge in [-0.15, -0.1) is 0 Å². The average Bonchev–Trinajstić information content (AvgIpc) is 3.17. The molecule has 1 aromatic carbocycles. The quantitative estimate of drug-likeness (QED) is 0.505. The van der Waals surface area contributed by atoms with Gasteiger partial charge in [-0.05, 0) is 16.2 Å². The maximum Gasteiger partial charge on any atom is 0.106 e. The van der Waals surface area contributed by atoms with Gasteiger partial charge in [-0.3, -0.25) is 0 Å². The third-order valence-electron chi connectivity index (χ3n) is 5.71. The monoisotopic (exact) mass is 495 g/mol. The van der Waals surface area contributed by atoms with Gasteiger partial charge in [0.25, 0.3) is 0 Å². The van der Waals surface area contributed by atoms with Crippen LogP contribution in [0.1, 0.15) is 35.0 Å². The molecule has 26 heavy (non-hydrogen) atoms. The first-order chi connectivity index (χ1) is 11.4. The molecule has 5 heteroatoms. The van der Waals surface area contributed by atoms with Crippen molar-refractivity contribution in [1.82, 2.24) is 0 Å². The van der Waals surface area contributed by atoms with Crippen molar-refractivity contribution in [2.75, 3.05) is 0 Å². The Hall–Kier alpha value is 0.210. The molecule has 2 heterocycles. The number of allylic oxidation sites excluding steroid dienone is 7. The van der Waals surface area contributed by atoms with Crippen LogP contribution in [0.25, 0.3) is 6.08 Å². The molecule has 0 nitrogen and oxygen atoms in total. The van der Waals surface area contributed by atoms with Crippen LogP contribution in [-0.4, -0.2) is 8.07 Å². The number of rotatable bonds is 1. The summed E-state index contributed by atoms with van der Waals surface area (Å²) in [7, 11) is -1.08. The summed E-state index contributed by atoms with van der Waals surface area (Å²) >= 11 is 3.66. The van der Waals surface area contributed by atoms with E-state index in [1.807, 2.05) is 5.20 Å². The second-order valence-corrected chi connectivity index (χ2v) is 14.4. The van der Waals surface area contributed by atoms with E-state index in [1.165, 1.54) is 23.1 Å². The molecule has 0 radical (unpaired) electrons. The van der Waals surface area contributed by atoms with Gasteiger partial charge in [-0.1, -0.05) is 54.3 Å². The first kappa shape index (κ1) is 22.5. The van der Waals surface area contributed by atoms with Gasteiger partial charge in [0.2, 0.25) is 0 Å². The van der Waals surface area contributed by atoms with E-state index in [9.17, 15) is 0 Å². The van der Waals surface area contributed by atoms with Gasteiger partial charge in [0, 0.05) is 5.92 Å². The molecule has 2 atom stereocenters. The number of fused-ring (bicyclic) bond motifs is 1. The van der Waals surface area contributed by atoms with E-state index in [-0.39, 0.29) is 24.8 Å². The Morgan fingerprint density at radius 1 is 1.12 bits per heavy atom. The normalized spacial score (nSPS) is 25.4. The fourth-order valence-electron chi connectivity index (χ4n) is 4.36.